The quantitative estimate of drug-likeness (QED) is 0.0349. The Morgan fingerprint density at radius 3 is 1.02 bits per heavy atom. The van der Waals surface area contributed by atoms with Crippen molar-refractivity contribution in [3.63, 3.8) is 0 Å². The summed E-state index contributed by atoms with van der Waals surface area (Å²) in [5.41, 5.74) is 11.5. The highest BCUT2D eigenvalue weighted by atomic mass is 16.6. The Hall–Kier alpha value is -12.2. The molecule has 12 rings (SSSR count). The standard InChI is InChI=1S/C30H41N7O6.C26H34N6O7.C20H25N7O2.C4H9N/c1-17(2)41-25-21(14-11-15-31-25)34-22-18(3)26(36(27(39)42-29(4,5)6)28(40)43-30(7,8)9)37-23(35-22)20(16-32-37)24(38)33-19-12-10-13-19;1-14(2)37-20-17(11-10-12-27-20)29-18-15(3)21(32-19(30-18)16(13-28-32)22(33)34)31(23(35)38-25(4,5)6)24(36)39-26(7,8)9;1-11(2)29-20-15(8-5-9-22-20)25-17-12(3)16(21)27-18(26-17)14(10-23-27)19(28)24-13-6-4-7-13;5-4-2-1-3-4/h11,14-17,19H,10,12-13H2,1-9H3,(H,33,38)(H,34,35);10-14H,1-9H3,(H,29,30)(H,33,34);5,8-11,13H,4,6-7,21H2,1-3H3,(H,24,28)(H,25,26);4H,1-3,5H2. The number of aromatic nitrogens is 12. The number of nitrogens with two attached hydrogens (primary N) is 2. The minimum atomic E-state index is -1.30. The zero-order valence-electron chi connectivity index (χ0n) is 69.8. The minimum absolute atomic E-state index is 0.00564. The van der Waals surface area contributed by atoms with Gasteiger partial charge >= 0.3 is 30.3 Å². The van der Waals surface area contributed by atoms with Crippen molar-refractivity contribution in [2.75, 3.05) is 31.5 Å². The van der Waals surface area contributed by atoms with E-state index >= 15 is 0 Å². The maximum absolute atomic E-state index is 13.7. The van der Waals surface area contributed by atoms with E-state index in [1.54, 1.807) is 140 Å². The van der Waals surface area contributed by atoms with E-state index in [0.29, 0.717) is 73.7 Å². The van der Waals surface area contributed by atoms with E-state index in [-0.39, 0.29) is 99.3 Å². The zero-order valence-corrected chi connectivity index (χ0v) is 69.8. The third kappa shape index (κ3) is 22.6. The van der Waals surface area contributed by atoms with Crippen molar-refractivity contribution in [2.24, 2.45) is 5.73 Å². The van der Waals surface area contributed by atoms with E-state index in [4.69, 9.17) is 49.6 Å². The molecule has 6 amide bonds. The summed E-state index contributed by atoms with van der Waals surface area (Å²) in [6.45, 7) is 36.5. The van der Waals surface area contributed by atoms with Crippen LogP contribution in [-0.2, 0) is 18.9 Å². The maximum atomic E-state index is 13.7. The number of carboxylic acids is 1. The molecule has 36 nitrogen and oxygen atoms in total. The van der Waals surface area contributed by atoms with Crippen molar-refractivity contribution in [3.8, 4) is 17.6 Å². The van der Waals surface area contributed by atoms with Crippen LogP contribution in [-0.4, -0.2) is 165 Å². The van der Waals surface area contributed by atoms with E-state index in [0.717, 1.165) is 54.1 Å². The van der Waals surface area contributed by atoms with Gasteiger partial charge in [0.05, 0.1) is 36.9 Å². The van der Waals surface area contributed by atoms with Crippen molar-refractivity contribution in [1.82, 2.24) is 69.4 Å². The van der Waals surface area contributed by atoms with Gasteiger partial charge in [0.2, 0.25) is 17.6 Å². The summed E-state index contributed by atoms with van der Waals surface area (Å²) in [4.78, 5) is 120. The van der Waals surface area contributed by atoms with Gasteiger partial charge in [0.1, 0.15) is 79.4 Å². The molecule has 3 saturated carbocycles. The summed E-state index contributed by atoms with van der Waals surface area (Å²) in [5.74, 6) is 0.399. The first-order valence-electron chi connectivity index (χ1n) is 38.5. The Morgan fingerprint density at radius 1 is 0.457 bits per heavy atom. The molecule has 0 spiro atoms. The van der Waals surface area contributed by atoms with Gasteiger partial charge < -0.3 is 76.3 Å². The lowest BCUT2D eigenvalue weighted by Gasteiger charge is -2.29. The summed E-state index contributed by atoms with van der Waals surface area (Å²) < 4.78 is 43.6. The summed E-state index contributed by atoms with van der Waals surface area (Å²) in [6.07, 6.45) is 14.2. The minimum Gasteiger partial charge on any atom is -0.477 e. The van der Waals surface area contributed by atoms with Gasteiger partial charge in [-0.1, -0.05) is 6.42 Å². The summed E-state index contributed by atoms with van der Waals surface area (Å²) in [7, 11) is 0. The number of hydrogen-bond acceptors (Lipinski definition) is 28. The van der Waals surface area contributed by atoms with Crippen LogP contribution in [0.1, 0.15) is 230 Å². The van der Waals surface area contributed by atoms with Gasteiger partial charge in [0, 0.05) is 53.4 Å². The van der Waals surface area contributed by atoms with Crippen molar-refractivity contribution in [1.29, 1.82) is 0 Å². The van der Waals surface area contributed by atoms with E-state index in [2.05, 4.69) is 66.8 Å². The normalized spacial score (nSPS) is 13.7. The first-order chi connectivity index (χ1) is 54.3. The van der Waals surface area contributed by atoms with Gasteiger partial charge in [-0.15, -0.1) is 0 Å². The fraction of sp³-hybridized carbons (Fsp3) is 0.500. The summed E-state index contributed by atoms with van der Waals surface area (Å²) >= 11 is 0. The number of amides is 6. The highest BCUT2D eigenvalue weighted by Gasteiger charge is 2.40. The summed E-state index contributed by atoms with van der Waals surface area (Å²) in [6, 6.07) is 11.4. The smallest absolute Gasteiger partial charge is 0.425 e. The van der Waals surface area contributed by atoms with Crippen LogP contribution in [0.25, 0.3) is 16.9 Å². The van der Waals surface area contributed by atoms with Crippen molar-refractivity contribution in [3.05, 3.63) is 107 Å². The Balaban J connectivity index is 0.000000195. The number of nitrogens with one attached hydrogen (secondary N) is 5. The molecule has 9 aromatic rings. The molecule has 9 heterocycles. The molecule has 3 fully saturated rings. The number of nitrogen functional groups attached to an aromatic ring is 1. The van der Waals surface area contributed by atoms with Crippen molar-refractivity contribution >= 4 is 111 Å². The number of rotatable bonds is 19. The molecule has 36 heteroatoms. The molecule has 3 aliphatic carbocycles. The van der Waals surface area contributed by atoms with Crippen LogP contribution < -0.4 is 62.1 Å². The van der Waals surface area contributed by atoms with Gasteiger partial charge in [-0.05, 0) is 233 Å². The van der Waals surface area contributed by atoms with E-state index in [9.17, 15) is 38.7 Å². The number of hydrogen-bond donors (Lipinski definition) is 8. The predicted octanol–water partition coefficient (Wildman–Crippen LogP) is 14.6. The molecule has 0 unspecified atom stereocenters. The number of anilines is 9. The third-order valence-electron chi connectivity index (χ3n) is 17.2. The maximum Gasteiger partial charge on any atom is 0.425 e. The Morgan fingerprint density at radius 2 is 0.741 bits per heavy atom. The van der Waals surface area contributed by atoms with E-state index < -0.39 is 52.7 Å². The molecule has 0 bridgehead atoms. The number of imide groups is 2. The van der Waals surface area contributed by atoms with Crippen LogP contribution >= 0.6 is 0 Å². The van der Waals surface area contributed by atoms with Gasteiger partial charge in [-0.3, -0.25) is 9.59 Å². The molecule has 0 radical (unpaired) electrons. The molecule has 3 aliphatic rings. The van der Waals surface area contributed by atoms with Gasteiger partial charge in [-0.2, -0.15) is 38.6 Å². The van der Waals surface area contributed by atoms with Crippen LogP contribution in [0.5, 0.6) is 17.6 Å². The molecule has 0 aromatic carbocycles. The van der Waals surface area contributed by atoms with E-state index in [1.807, 2.05) is 60.6 Å². The van der Waals surface area contributed by atoms with Crippen LogP contribution in [0.3, 0.4) is 0 Å². The first kappa shape index (κ1) is 87.7. The van der Waals surface area contributed by atoms with Gasteiger partial charge in [0.25, 0.3) is 11.8 Å². The average Bonchev–Trinajstić information content (AvgIpc) is 1.53. The van der Waals surface area contributed by atoms with Crippen LogP contribution in [0.15, 0.2) is 73.6 Å². The molecule has 10 N–H and O–H groups in total. The Bertz CT molecular complexity index is 5000. The molecule has 0 atom stereocenters. The number of pyridine rings is 3. The summed E-state index contributed by atoms with van der Waals surface area (Å²) in [5, 5.41) is 38.2. The van der Waals surface area contributed by atoms with Crippen LogP contribution in [0, 0.1) is 20.8 Å². The monoisotopic (exact) mass is 1600 g/mol. The average molecular weight is 1600 g/mol. The number of ether oxygens (including phenoxy) is 7. The second-order valence-corrected chi connectivity index (χ2v) is 32.9. The largest absolute Gasteiger partial charge is 0.477 e. The molecule has 9 aromatic heterocycles. The highest BCUT2D eigenvalue weighted by Crippen LogP contribution is 2.38. The number of fused-ring (bicyclic) bond motifs is 3. The Labute approximate surface area is 673 Å². The molecular formula is C80H109N21O15. The van der Waals surface area contributed by atoms with Crippen LogP contribution in [0.2, 0.25) is 0 Å². The lowest BCUT2D eigenvalue weighted by molar-refractivity contribution is 0.0405. The lowest BCUT2D eigenvalue weighted by atomic mass is 9.93. The zero-order chi connectivity index (χ0) is 85.2. The highest BCUT2D eigenvalue weighted by molar-refractivity contribution is 6.12. The van der Waals surface area contributed by atoms with Crippen LogP contribution in [0.4, 0.5) is 71.1 Å². The number of carbonyl (C=O) groups excluding carboxylic acids is 6. The number of nitrogens with zero attached hydrogens (tertiary/aromatic N) is 14. The first-order valence-corrected chi connectivity index (χ1v) is 38.5. The molecule has 624 valence electrons. The van der Waals surface area contributed by atoms with Gasteiger partial charge in [0.15, 0.2) is 28.6 Å². The fourth-order valence-electron chi connectivity index (χ4n) is 11.2. The predicted molar refractivity (Wildman–Crippen MR) is 436 cm³/mol. The fourth-order valence-corrected chi connectivity index (χ4v) is 11.2. The van der Waals surface area contributed by atoms with Crippen molar-refractivity contribution in [2.45, 2.75) is 262 Å². The molecule has 0 saturated heterocycles. The van der Waals surface area contributed by atoms with Crippen molar-refractivity contribution < 1.29 is 71.8 Å². The topological polar surface area (TPSA) is 452 Å². The second kappa shape index (κ2) is 36.5. The van der Waals surface area contributed by atoms with Gasteiger partial charge in [-0.25, -0.2) is 53.9 Å². The SMILES string of the molecule is Cc1c(Nc2cccnc2OC(C)C)nc2c(C(=O)NC3CCC3)cnn2c1N.Cc1c(Nc2cccnc2OC(C)C)nc2c(C(=O)NC3CCC3)cnn2c1N(C(=O)OC(C)(C)C)C(=O)OC(C)(C)C.Cc1c(Nc2cccnc2OC(C)C)nc2c(C(=O)O)cnn2c1N(C(=O)OC(C)(C)C)C(=O)OC(C)(C)C.NC1CCC1. The molecule has 116 heavy (non-hydrogen) atoms. The second-order valence-electron chi connectivity index (χ2n) is 32.9. The molecular weight excluding hydrogens is 1500 g/mol. The molecule has 0 aliphatic heterocycles. The van der Waals surface area contributed by atoms with E-state index in [1.165, 1.54) is 40.7 Å². The number of carboxylic acid groups (broad SMARTS) is 1. The number of carbonyl (C=O) groups is 7. The Kier molecular flexibility index (Phi) is 27.6. The lowest BCUT2D eigenvalue weighted by Crippen LogP contribution is -2.45. The number of aromatic carboxylic acids is 1. The third-order valence-corrected chi connectivity index (χ3v) is 17.2.